The van der Waals surface area contributed by atoms with Crippen molar-refractivity contribution in [2.75, 3.05) is 0 Å². The van der Waals surface area contributed by atoms with E-state index in [1.54, 1.807) is 12.1 Å². The van der Waals surface area contributed by atoms with Crippen LogP contribution in [0.5, 0.6) is 0 Å². The summed E-state index contributed by atoms with van der Waals surface area (Å²) in [4.78, 5) is 23.6. The highest BCUT2D eigenvalue weighted by atomic mass is 16.6. The van der Waals surface area contributed by atoms with Crippen LogP contribution in [0, 0.1) is 0 Å². The predicted octanol–water partition coefficient (Wildman–Crippen LogP) is 4.29. The molecule has 1 rings (SSSR count). The normalized spacial score (nSPS) is 11.2. The first kappa shape index (κ1) is 17.2. The van der Waals surface area contributed by atoms with Gasteiger partial charge in [0.05, 0.1) is 11.1 Å². The fourth-order valence-electron chi connectivity index (χ4n) is 2.40. The van der Waals surface area contributed by atoms with Gasteiger partial charge < -0.3 is 9.84 Å². The zero-order valence-corrected chi connectivity index (χ0v) is 13.0. The lowest BCUT2D eigenvalue weighted by molar-refractivity contribution is -0.0285. The molecule has 1 aromatic carbocycles. The number of carbonyl (C=O) groups is 2. The number of carboxylic acids is 1. The summed E-state index contributed by atoms with van der Waals surface area (Å²) in [7, 11) is 0. The highest BCUT2D eigenvalue weighted by molar-refractivity contribution is 6.02. The number of ether oxygens (including phenoxy) is 1. The number of hydrogen-bond donors (Lipinski definition) is 1. The minimum absolute atomic E-state index is 0.0147. The van der Waals surface area contributed by atoms with E-state index >= 15 is 0 Å². The van der Waals surface area contributed by atoms with Crippen molar-refractivity contribution in [3.63, 3.8) is 0 Å². The third kappa shape index (κ3) is 4.31. The van der Waals surface area contributed by atoms with Gasteiger partial charge in [0.15, 0.2) is 0 Å². The van der Waals surface area contributed by atoms with Gasteiger partial charge in [0.2, 0.25) is 0 Å². The van der Waals surface area contributed by atoms with Crippen molar-refractivity contribution in [2.45, 2.75) is 58.5 Å². The van der Waals surface area contributed by atoms with Crippen LogP contribution < -0.4 is 0 Å². The first-order valence-electron chi connectivity index (χ1n) is 7.55. The first-order valence-corrected chi connectivity index (χ1v) is 7.55. The van der Waals surface area contributed by atoms with Crippen molar-refractivity contribution in [2.24, 2.45) is 0 Å². The Morgan fingerprint density at radius 1 is 1.10 bits per heavy atom. The summed E-state index contributed by atoms with van der Waals surface area (Å²) in [5.74, 6) is -1.66. The summed E-state index contributed by atoms with van der Waals surface area (Å²) >= 11 is 0. The van der Waals surface area contributed by atoms with Crippen molar-refractivity contribution in [3.8, 4) is 0 Å². The molecule has 0 aromatic heterocycles. The monoisotopic (exact) mass is 292 g/mol. The lowest BCUT2D eigenvalue weighted by Crippen LogP contribution is -2.34. The molecule has 0 aliphatic rings. The summed E-state index contributed by atoms with van der Waals surface area (Å²) in [5, 5.41) is 9.16. The fourth-order valence-corrected chi connectivity index (χ4v) is 2.40. The Bertz CT molecular complexity index is 489. The van der Waals surface area contributed by atoms with Crippen LogP contribution in [0.4, 0.5) is 0 Å². The van der Waals surface area contributed by atoms with E-state index in [9.17, 15) is 9.59 Å². The number of carbonyl (C=O) groups excluding carboxylic acids is 1. The quantitative estimate of drug-likeness (QED) is 0.726. The fraction of sp³-hybridized carbons (Fsp3) is 0.529. The Balaban J connectivity index is 3.00. The van der Waals surface area contributed by atoms with Gasteiger partial charge in [-0.1, -0.05) is 39.3 Å². The van der Waals surface area contributed by atoms with Crippen LogP contribution in [0.3, 0.4) is 0 Å². The summed E-state index contributed by atoms with van der Waals surface area (Å²) in [6.45, 7) is 6.09. The maximum atomic E-state index is 12.4. The predicted molar refractivity (Wildman–Crippen MR) is 81.7 cm³/mol. The van der Waals surface area contributed by atoms with Gasteiger partial charge in [0.1, 0.15) is 5.60 Å². The Hall–Kier alpha value is -1.84. The third-order valence-electron chi connectivity index (χ3n) is 3.96. The van der Waals surface area contributed by atoms with Gasteiger partial charge in [0.25, 0.3) is 0 Å². The van der Waals surface area contributed by atoms with Crippen LogP contribution >= 0.6 is 0 Å². The molecule has 0 aliphatic carbocycles. The molecule has 21 heavy (non-hydrogen) atoms. The molecule has 0 radical (unpaired) electrons. The van der Waals surface area contributed by atoms with Gasteiger partial charge in [-0.05, 0) is 37.8 Å². The van der Waals surface area contributed by atoms with Crippen LogP contribution in [-0.4, -0.2) is 22.6 Å². The average molecular weight is 292 g/mol. The van der Waals surface area contributed by atoms with Crippen LogP contribution in [0.1, 0.15) is 73.6 Å². The summed E-state index contributed by atoms with van der Waals surface area (Å²) in [5.41, 5.74) is -0.398. The zero-order valence-electron chi connectivity index (χ0n) is 13.0. The number of unbranched alkanes of at least 4 members (excludes halogenated alkanes) is 1. The van der Waals surface area contributed by atoms with E-state index < -0.39 is 17.5 Å². The smallest absolute Gasteiger partial charge is 0.339 e. The molecule has 0 aliphatic heterocycles. The summed E-state index contributed by atoms with van der Waals surface area (Å²) in [6.07, 6.45) is 4.27. The Morgan fingerprint density at radius 3 is 2.14 bits per heavy atom. The van der Waals surface area contributed by atoms with Gasteiger partial charge in [-0.25, -0.2) is 9.59 Å². The Morgan fingerprint density at radius 2 is 1.67 bits per heavy atom. The van der Waals surface area contributed by atoms with Gasteiger partial charge in [-0.2, -0.15) is 0 Å². The molecular formula is C17H24O4. The summed E-state index contributed by atoms with van der Waals surface area (Å²) in [6, 6.07) is 6.17. The lowest BCUT2D eigenvalue weighted by atomic mass is 9.90. The van der Waals surface area contributed by atoms with E-state index in [-0.39, 0.29) is 11.1 Å². The van der Waals surface area contributed by atoms with E-state index in [4.69, 9.17) is 9.84 Å². The number of rotatable bonds is 8. The van der Waals surface area contributed by atoms with Crippen molar-refractivity contribution in [3.05, 3.63) is 35.4 Å². The molecule has 0 amide bonds. The van der Waals surface area contributed by atoms with E-state index in [1.807, 2.05) is 13.8 Å². The van der Waals surface area contributed by atoms with Crippen LogP contribution in [0.15, 0.2) is 24.3 Å². The molecule has 0 atom stereocenters. The Kier molecular flexibility index (Phi) is 6.40. The summed E-state index contributed by atoms with van der Waals surface area (Å²) < 4.78 is 5.71. The zero-order chi connectivity index (χ0) is 15.9. The molecule has 4 heteroatoms. The lowest BCUT2D eigenvalue weighted by Gasteiger charge is -2.31. The molecule has 0 spiro atoms. The second-order valence-corrected chi connectivity index (χ2v) is 5.23. The van der Waals surface area contributed by atoms with E-state index in [1.165, 1.54) is 12.1 Å². The SMILES string of the molecule is CCCCC(CC)(CC)OC(=O)c1ccccc1C(=O)O. The topological polar surface area (TPSA) is 63.6 Å². The van der Waals surface area contributed by atoms with E-state index in [2.05, 4.69) is 6.92 Å². The number of aromatic carboxylic acids is 1. The maximum Gasteiger partial charge on any atom is 0.339 e. The van der Waals surface area contributed by atoms with E-state index in [0.717, 1.165) is 32.1 Å². The van der Waals surface area contributed by atoms with Crippen molar-refractivity contribution in [1.29, 1.82) is 0 Å². The average Bonchev–Trinajstić information content (AvgIpc) is 2.51. The maximum absolute atomic E-state index is 12.4. The van der Waals surface area contributed by atoms with Crippen molar-refractivity contribution >= 4 is 11.9 Å². The number of carboxylic acid groups (broad SMARTS) is 1. The second-order valence-electron chi connectivity index (χ2n) is 5.23. The molecule has 1 N–H and O–H groups in total. The molecule has 0 unspecified atom stereocenters. The van der Waals surface area contributed by atoms with Crippen LogP contribution in [0.2, 0.25) is 0 Å². The molecule has 0 saturated heterocycles. The highest BCUT2D eigenvalue weighted by Gasteiger charge is 2.31. The number of benzene rings is 1. The van der Waals surface area contributed by atoms with E-state index in [0.29, 0.717) is 0 Å². The minimum Gasteiger partial charge on any atom is -0.478 e. The molecule has 116 valence electrons. The third-order valence-corrected chi connectivity index (χ3v) is 3.96. The minimum atomic E-state index is -1.12. The van der Waals surface area contributed by atoms with Gasteiger partial charge in [0, 0.05) is 0 Å². The standard InChI is InChI=1S/C17H24O4/c1-4-7-12-17(5-2,6-3)21-16(20)14-11-9-8-10-13(14)15(18)19/h8-11H,4-7,12H2,1-3H3,(H,18,19). The van der Waals surface area contributed by atoms with Crippen LogP contribution in [0.25, 0.3) is 0 Å². The molecule has 0 heterocycles. The van der Waals surface area contributed by atoms with Crippen molar-refractivity contribution in [1.82, 2.24) is 0 Å². The van der Waals surface area contributed by atoms with Crippen LogP contribution in [-0.2, 0) is 4.74 Å². The number of esters is 1. The molecule has 1 aromatic rings. The molecule has 0 bridgehead atoms. The molecule has 0 fully saturated rings. The van der Waals surface area contributed by atoms with Gasteiger partial charge >= 0.3 is 11.9 Å². The molecule has 0 saturated carbocycles. The largest absolute Gasteiger partial charge is 0.478 e. The Labute approximate surface area is 126 Å². The van der Waals surface area contributed by atoms with Crippen molar-refractivity contribution < 1.29 is 19.4 Å². The first-order chi connectivity index (χ1) is 9.99. The van der Waals surface area contributed by atoms with Gasteiger partial charge in [-0.3, -0.25) is 0 Å². The molecule has 4 nitrogen and oxygen atoms in total. The number of hydrogen-bond acceptors (Lipinski definition) is 3. The van der Waals surface area contributed by atoms with Gasteiger partial charge in [-0.15, -0.1) is 0 Å². The molecular weight excluding hydrogens is 268 g/mol. The highest BCUT2D eigenvalue weighted by Crippen LogP contribution is 2.29. The second kappa shape index (κ2) is 7.81.